The lowest BCUT2D eigenvalue weighted by atomic mass is 10.1. The number of anilines is 2. The van der Waals surface area contributed by atoms with Crippen molar-refractivity contribution in [1.82, 2.24) is 9.97 Å². The maximum Gasteiger partial charge on any atom is 0.261 e. The van der Waals surface area contributed by atoms with Crippen molar-refractivity contribution < 1.29 is 26.7 Å². The monoisotopic (exact) mass is 462 g/mol. The predicted molar refractivity (Wildman–Crippen MR) is 117 cm³/mol. The van der Waals surface area contributed by atoms with Crippen LogP contribution in [0.3, 0.4) is 0 Å². The number of carbonyl (C=O) groups is 1. The van der Waals surface area contributed by atoms with Gasteiger partial charge < -0.3 is 15.0 Å². The van der Waals surface area contributed by atoms with Gasteiger partial charge in [-0.25, -0.2) is 22.2 Å². The van der Waals surface area contributed by atoms with Gasteiger partial charge in [-0.15, -0.1) is 0 Å². The molecule has 0 aliphatic rings. The molecule has 168 valence electrons. The van der Waals surface area contributed by atoms with Gasteiger partial charge in [0, 0.05) is 18.7 Å². The zero-order valence-corrected chi connectivity index (χ0v) is 18.1. The molecule has 8 nitrogen and oxygen atoms in total. The smallest absolute Gasteiger partial charge is 0.261 e. The topological polar surface area (TPSA) is 113 Å². The summed E-state index contributed by atoms with van der Waals surface area (Å²) < 4.78 is 59.9. The van der Waals surface area contributed by atoms with Gasteiger partial charge in [0.05, 0.1) is 28.9 Å². The van der Waals surface area contributed by atoms with Gasteiger partial charge in [-0.2, -0.15) is 0 Å². The number of halogens is 2. The molecule has 0 fully saturated rings. The van der Waals surface area contributed by atoms with E-state index in [-0.39, 0.29) is 18.0 Å². The number of nitrogens with zero attached hydrogens (tertiary/aromatic N) is 1. The van der Waals surface area contributed by atoms with Crippen molar-refractivity contribution in [3.05, 3.63) is 53.4 Å². The van der Waals surface area contributed by atoms with E-state index in [1.807, 2.05) is 4.72 Å². The molecule has 11 heteroatoms. The van der Waals surface area contributed by atoms with Gasteiger partial charge in [0.15, 0.2) is 5.82 Å². The minimum atomic E-state index is -3.83. The number of carbonyl (C=O) groups excluding carboxylic acids is 1. The lowest BCUT2D eigenvalue weighted by Crippen LogP contribution is -2.20. The number of hydrogen-bond acceptors (Lipinski definition) is 5. The minimum Gasteiger partial charge on any atom is -0.372 e. The van der Waals surface area contributed by atoms with Crippen LogP contribution in [0.4, 0.5) is 20.2 Å². The summed E-state index contributed by atoms with van der Waals surface area (Å²) in [6.45, 7) is 1.87. The summed E-state index contributed by atoms with van der Waals surface area (Å²) in [4.78, 5) is 19.7. The van der Waals surface area contributed by atoms with Gasteiger partial charge in [0.2, 0.25) is 10.0 Å². The van der Waals surface area contributed by atoms with E-state index >= 15 is 0 Å². The molecule has 0 atom stereocenters. The maximum absolute atomic E-state index is 14.8. The maximum atomic E-state index is 14.8. The number of fused-ring (bicyclic) bond motifs is 1. The van der Waals surface area contributed by atoms with E-state index < -0.39 is 38.8 Å². The fourth-order valence-corrected chi connectivity index (χ4v) is 4.03. The van der Waals surface area contributed by atoms with Crippen LogP contribution in [0, 0.1) is 23.5 Å². The molecule has 3 N–H and O–H groups in total. The Morgan fingerprint density at radius 1 is 1.31 bits per heavy atom. The number of amides is 1. The van der Waals surface area contributed by atoms with Gasteiger partial charge in [-0.1, -0.05) is 18.8 Å². The van der Waals surface area contributed by atoms with Gasteiger partial charge in [0.25, 0.3) is 5.91 Å². The Hall–Kier alpha value is -3.49. The highest BCUT2D eigenvalue weighted by atomic mass is 32.2. The number of aromatic amines is 1. The zero-order chi connectivity index (χ0) is 23.3. The fraction of sp³-hybridized carbons (Fsp3) is 0.238. The second-order valence-electron chi connectivity index (χ2n) is 6.72. The Balaban J connectivity index is 1.90. The number of pyridine rings is 1. The molecule has 0 unspecified atom stereocenters. The molecular formula is C21H20F2N4O4S. The molecule has 3 rings (SSSR count). The molecule has 0 aliphatic carbocycles. The number of aromatic nitrogens is 2. The predicted octanol–water partition coefficient (Wildman–Crippen LogP) is 3.24. The van der Waals surface area contributed by atoms with Gasteiger partial charge in [-0.3, -0.25) is 9.52 Å². The SMILES string of the molecule is CCCS(=O)(=O)Nc1ccc(F)c(C(=O)Nc2cnc3[nH]cc(C#CCOC)c3c2)c1F. The molecule has 0 aliphatic heterocycles. The van der Waals surface area contributed by atoms with E-state index in [0.717, 1.165) is 12.1 Å². The first-order chi connectivity index (χ1) is 15.3. The first-order valence-electron chi connectivity index (χ1n) is 9.50. The third kappa shape index (κ3) is 5.22. The summed E-state index contributed by atoms with van der Waals surface area (Å²) in [6, 6.07) is 3.29. The van der Waals surface area contributed by atoms with E-state index in [0.29, 0.717) is 23.0 Å². The Bertz CT molecular complexity index is 1330. The lowest BCUT2D eigenvalue weighted by molar-refractivity contribution is 0.101. The number of nitrogens with one attached hydrogen (secondary N) is 3. The molecule has 0 spiro atoms. The largest absolute Gasteiger partial charge is 0.372 e. The number of rotatable bonds is 7. The third-order valence-electron chi connectivity index (χ3n) is 4.29. The summed E-state index contributed by atoms with van der Waals surface area (Å²) in [6.07, 6.45) is 3.25. The van der Waals surface area contributed by atoms with Crippen molar-refractivity contribution in [3.8, 4) is 11.8 Å². The zero-order valence-electron chi connectivity index (χ0n) is 17.3. The number of benzene rings is 1. The number of ether oxygens (including phenoxy) is 1. The van der Waals surface area contributed by atoms with Crippen LogP contribution in [0.5, 0.6) is 0 Å². The number of hydrogen-bond donors (Lipinski definition) is 3. The van der Waals surface area contributed by atoms with Gasteiger partial charge >= 0.3 is 0 Å². The van der Waals surface area contributed by atoms with Crippen LogP contribution in [0.1, 0.15) is 29.3 Å². The molecule has 32 heavy (non-hydrogen) atoms. The second kappa shape index (κ2) is 9.76. The summed E-state index contributed by atoms with van der Waals surface area (Å²) in [5.41, 5.74) is -0.150. The Labute approximate surface area is 183 Å². The Morgan fingerprint density at radius 2 is 2.09 bits per heavy atom. The highest BCUT2D eigenvalue weighted by molar-refractivity contribution is 7.92. The van der Waals surface area contributed by atoms with Crippen molar-refractivity contribution in [2.45, 2.75) is 13.3 Å². The van der Waals surface area contributed by atoms with Crippen molar-refractivity contribution in [2.24, 2.45) is 0 Å². The van der Waals surface area contributed by atoms with Gasteiger partial charge in [0.1, 0.15) is 23.6 Å². The van der Waals surface area contributed by atoms with E-state index in [1.165, 1.54) is 13.3 Å². The van der Waals surface area contributed by atoms with E-state index in [2.05, 4.69) is 27.1 Å². The fourth-order valence-electron chi connectivity index (χ4n) is 2.90. The summed E-state index contributed by atoms with van der Waals surface area (Å²) in [5.74, 6) is 1.90. The quantitative estimate of drug-likeness (QED) is 0.467. The number of methoxy groups -OCH3 is 1. The Kier molecular flexibility index (Phi) is 7.07. The normalized spacial score (nSPS) is 11.1. The van der Waals surface area contributed by atoms with E-state index in [1.54, 1.807) is 19.2 Å². The summed E-state index contributed by atoms with van der Waals surface area (Å²) in [7, 11) is -2.32. The second-order valence-corrected chi connectivity index (χ2v) is 8.56. The van der Waals surface area contributed by atoms with Crippen LogP contribution in [-0.4, -0.2) is 43.8 Å². The van der Waals surface area contributed by atoms with Crippen LogP contribution >= 0.6 is 0 Å². The summed E-state index contributed by atoms with van der Waals surface area (Å²) >= 11 is 0. The van der Waals surface area contributed by atoms with Crippen molar-refractivity contribution in [3.63, 3.8) is 0 Å². The highest BCUT2D eigenvalue weighted by Gasteiger charge is 2.23. The Morgan fingerprint density at radius 3 is 2.81 bits per heavy atom. The average Bonchev–Trinajstić information content (AvgIpc) is 3.13. The first-order valence-corrected chi connectivity index (χ1v) is 11.2. The minimum absolute atomic E-state index is 0.174. The van der Waals surface area contributed by atoms with Crippen LogP contribution in [0.15, 0.2) is 30.6 Å². The number of H-pyrrole nitrogens is 1. The molecule has 1 amide bonds. The molecule has 2 aromatic heterocycles. The lowest BCUT2D eigenvalue weighted by Gasteiger charge is -2.12. The molecule has 0 saturated heterocycles. The molecule has 1 aromatic carbocycles. The van der Waals surface area contributed by atoms with E-state index in [9.17, 15) is 22.0 Å². The summed E-state index contributed by atoms with van der Waals surface area (Å²) in [5, 5.41) is 2.98. The van der Waals surface area contributed by atoms with Crippen LogP contribution < -0.4 is 10.0 Å². The molecule has 0 radical (unpaired) electrons. The standard InChI is InChI=1S/C21H20F2N4O4S/c1-3-9-32(29,30)27-17-7-6-16(22)18(19(17)23)21(28)26-14-10-15-13(5-4-8-31-2)11-24-20(15)25-12-14/h6-7,10-12,27H,3,8-9H2,1-2H3,(H,24,25)(H,26,28). The average molecular weight is 462 g/mol. The van der Waals surface area contributed by atoms with Gasteiger partial charge in [-0.05, 0) is 24.6 Å². The highest BCUT2D eigenvalue weighted by Crippen LogP contribution is 2.25. The number of sulfonamides is 1. The molecule has 0 saturated carbocycles. The molecule has 3 aromatic rings. The van der Waals surface area contributed by atoms with E-state index in [4.69, 9.17) is 4.74 Å². The first kappa shape index (κ1) is 23.2. The van der Waals surface area contributed by atoms with Crippen LogP contribution in [0.2, 0.25) is 0 Å². The molecule has 0 bridgehead atoms. The molecular weight excluding hydrogens is 442 g/mol. The van der Waals surface area contributed by atoms with Crippen molar-refractivity contribution in [1.29, 1.82) is 0 Å². The van der Waals surface area contributed by atoms with Crippen LogP contribution in [-0.2, 0) is 14.8 Å². The third-order valence-corrected chi connectivity index (χ3v) is 5.76. The molecule has 2 heterocycles. The van der Waals surface area contributed by atoms with Crippen molar-refractivity contribution >= 4 is 38.3 Å². The van der Waals surface area contributed by atoms with Crippen molar-refractivity contribution in [2.75, 3.05) is 29.5 Å². The van der Waals surface area contributed by atoms with Crippen LogP contribution in [0.25, 0.3) is 11.0 Å².